The second-order valence-electron chi connectivity index (χ2n) is 4.36. The molecule has 0 N–H and O–H groups in total. The van der Waals surface area contributed by atoms with E-state index >= 15 is 0 Å². The van der Waals surface area contributed by atoms with E-state index in [1.165, 1.54) is 0 Å². The summed E-state index contributed by atoms with van der Waals surface area (Å²) in [4.78, 5) is 11.5. The van der Waals surface area contributed by atoms with Gasteiger partial charge in [-0.1, -0.05) is 13.3 Å². The van der Waals surface area contributed by atoms with Gasteiger partial charge in [-0.3, -0.25) is 4.79 Å². The molecule has 0 spiro atoms. The smallest absolute Gasteiger partial charge is 0.136 e. The number of nitrogens with zero attached hydrogens (tertiary/aromatic N) is 3. The summed E-state index contributed by atoms with van der Waals surface area (Å²) in [5.74, 6) is 2.21. The molecule has 2 unspecified atom stereocenters. The standard InChI is InChI=1S/C11H17N3O/c1-3-8-4-5-9(15)6-10(8)11-13-12-7-14(11)2/h7-8,10H,3-6H2,1-2H3. The summed E-state index contributed by atoms with van der Waals surface area (Å²) in [6.07, 6.45) is 5.22. The first-order chi connectivity index (χ1) is 7.22. The van der Waals surface area contributed by atoms with E-state index in [0.29, 0.717) is 18.1 Å². The lowest BCUT2D eigenvalue weighted by atomic mass is 9.77. The van der Waals surface area contributed by atoms with Crippen LogP contribution in [-0.4, -0.2) is 20.5 Å². The topological polar surface area (TPSA) is 47.8 Å². The van der Waals surface area contributed by atoms with Crippen molar-refractivity contribution in [3.63, 3.8) is 0 Å². The molecule has 1 heterocycles. The molecule has 1 saturated carbocycles. The fraction of sp³-hybridized carbons (Fsp3) is 0.727. The van der Waals surface area contributed by atoms with Crippen molar-refractivity contribution >= 4 is 5.78 Å². The minimum absolute atomic E-state index is 0.281. The lowest BCUT2D eigenvalue weighted by Crippen LogP contribution is -2.25. The molecular weight excluding hydrogens is 190 g/mol. The maximum Gasteiger partial charge on any atom is 0.136 e. The average Bonchev–Trinajstić information content (AvgIpc) is 2.64. The van der Waals surface area contributed by atoms with Gasteiger partial charge in [-0.25, -0.2) is 0 Å². The second kappa shape index (κ2) is 4.13. The van der Waals surface area contributed by atoms with Crippen LogP contribution in [0.25, 0.3) is 0 Å². The molecule has 1 aliphatic rings. The van der Waals surface area contributed by atoms with Crippen LogP contribution in [0.4, 0.5) is 0 Å². The largest absolute Gasteiger partial charge is 0.320 e. The third-order valence-electron chi connectivity index (χ3n) is 3.41. The van der Waals surface area contributed by atoms with Gasteiger partial charge in [0.05, 0.1) is 0 Å². The molecule has 2 rings (SSSR count). The third kappa shape index (κ3) is 1.94. The summed E-state index contributed by atoms with van der Waals surface area (Å²) in [7, 11) is 1.95. The van der Waals surface area contributed by atoms with Crippen molar-refractivity contribution in [1.29, 1.82) is 0 Å². The number of ketones is 1. The predicted molar refractivity (Wildman–Crippen MR) is 56.4 cm³/mol. The zero-order chi connectivity index (χ0) is 10.8. The number of hydrogen-bond acceptors (Lipinski definition) is 3. The van der Waals surface area contributed by atoms with Gasteiger partial charge in [-0.05, 0) is 12.3 Å². The predicted octanol–water partition coefficient (Wildman–Crippen LogP) is 1.68. The van der Waals surface area contributed by atoms with Crippen LogP contribution in [0.5, 0.6) is 0 Å². The SMILES string of the molecule is CCC1CCC(=O)CC1c1nncn1C. The maximum atomic E-state index is 11.5. The highest BCUT2D eigenvalue weighted by Gasteiger charge is 2.31. The molecule has 1 fully saturated rings. The Morgan fingerprint density at radius 2 is 2.40 bits per heavy atom. The summed E-state index contributed by atoms with van der Waals surface area (Å²) in [6, 6.07) is 0. The molecule has 0 bridgehead atoms. The summed E-state index contributed by atoms with van der Waals surface area (Å²) >= 11 is 0. The van der Waals surface area contributed by atoms with Gasteiger partial charge in [0.1, 0.15) is 17.9 Å². The van der Waals surface area contributed by atoms with Crippen LogP contribution in [0.3, 0.4) is 0 Å². The molecule has 15 heavy (non-hydrogen) atoms. The van der Waals surface area contributed by atoms with Crippen molar-refractivity contribution in [1.82, 2.24) is 14.8 Å². The number of Topliss-reactive ketones (excluding diaryl/α,β-unsaturated/α-hetero) is 1. The molecule has 0 saturated heterocycles. The molecule has 82 valence electrons. The van der Waals surface area contributed by atoms with Gasteiger partial charge in [0.15, 0.2) is 0 Å². The van der Waals surface area contributed by atoms with Gasteiger partial charge in [0.25, 0.3) is 0 Å². The number of hydrogen-bond donors (Lipinski definition) is 0. The van der Waals surface area contributed by atoms with E-state index in [9.17, 15) is 4.79 Å². The van der Waals surface area contributed by atoms with Crippen LogP contribution in [-0.2, 0) is 11.8 Å². The quantitative estimate of drug-likeness (QED) is 0.741. The van der Waals surface area contributed by atoms with Crippen LogP contribution in [0.2, 0.25) is 0 Å². The van der Waals surface area contributed by atoms with Gasteiger partial charge in [0, 0.05) is 25.8 Å². The molecule has 0 amide bonds. The zero-order valence-corrected chi connectivity index (χ0v) is 9.31. The molecule has 1 aromatic rings. The minimum atomic E-state index is 0.281. The lowest BCUT2D eigenvalue weighted by Gasteiger charge is -2.28. The molecule has 2 atom stereocenters. The Morgan fingerprint density at radius 3 is 3.00 bits per heavy atom. The van der Waals surface area contributed by atoms with Gasteiger partial charge in [0.2, 0.25) is 0 Å². The normalized spacial score (nSPS) is 26.9. The van der Waals surface area contributed by atoms with Gasteiger partial charge in [-0.15, -0.1) is 10.2 Å². The zero-order valence-electron chi connectivity index (χ0n) is 9.31. The van der Waals surface area contributed by atoms with Crippen LogP contribution in [0, 0.1) is 5.92 Å². The van der Waals surface area contributed by atoms with Gasteiger partial charge < -0.3 is 4.57 Å². The van der Waals surface area contributed by atoms with Crippen molar-refractivity contribution in [2.24, 2.45) is 13.0 Å². The highest BCUT2D eigenvalue weighted by Crippen LogP contribution is 2.36. The fourth-order valence-corrected chi connectivity index (χ4v) is 2.48. The third-order valence-corrected chi connectivity index (χ3v) is 3.41. The molecular formula is C11H17N3O. The molecule has 0 aromatic carbocycles. The van der Waals surface area contributed by atoms with Crippen molar-refractivity contribution in [3.8, 4) is 0 Å². The number of rotatable bonds is 2. The summed E-state index contributed by atoms with van der Waals surface area (Å²) in [5.41, 5.74) is 0. The highest BCUT2D eigenvalue weighted by molar-refractivity contribution is 5.80. The highest BCUT2D eigenvalue weighted by atomic mass is 16.1. The number of carbonyl (C=O) groups excluding carboxylic acids is 1. The molecule has 4 nitrogen and oxygen atoms in total. The lowest BCUT2D eigenvalue weighted by molar-refractivity contribution is -0.121. The Bertz CT molecular complexity index is 358. The Labute approximate surface area is 89.7 Å². The first-order valence-electron chi connectivity index (χ1n) is 5.58. The molecule has 1 aromatic heterocycles. The van der Waals surface area contributed by atoms with E-state index in [2.05, 4.69) is 17.1 Å². The van der Waals surface area contributed by atoms with Crippen molar-refractivity contribution in [3.05, 3.63) is 12.2 Å². The summed E-state index contributed by atoms with van der Waals surface area (Å²) in [6.45, 7) is 2.18. The van der Waals surface area contributed by atoms with Crippen LogP contribution in [0.15, 0.2) is 6.33 Å². The van der Waals surface area contributed by atoms with E-state index in [-0.39, 0.29) is 5.92 Å². The van der Waals surface area contributed by atoms with Gasteiger partial charge in [-0.2, -0.15) is 0 Å². The van der Waals surface area contributed by atoms with Crippen LogP contribution in [0.1, 0.15) is 44.3 Å². The Kier molecular flexibility index (Phi) is 2.84. The monoisotopic (exact) mass is 207 g/mol. The van der Waals surface area contributed by atoms with Crippen molar-refractivity contribution < 1.29 is 4.79 Å². The van der Waals surface area contributed by atoms with E-state index in [1.54, 1.807) is 6.33 Å². The second-order valence-corrected chi connectivity index (χ2v) is 4.36. The van der Waals surface area contributed by atoms with E-state index in [1.807, 2.05) is 11.6 Å². The Hall–Kier alpha value is -1.19. The molecule has 0 radical (unpaired) electrons. The fourth-order valence-electron chi connectivity index (χ4n) is 2.48. The molecule has 4 heteroatoms. The maximum absolute atomic E-state index is 11.5. The van der Waals surface area contributed by atoms with Crippen LogP contribution >= 0.6 is 0 Å². The first kappa shape index (κ1) is 10.3. The number of aromatic nitrogens is 3. The van der Waals surface area contributed by atoms with Crippen LogP contribution < -0.4 is 0 Å². The van der Waals surface area contributed by atoms with Gasteiger partial charge >= 0.3 is 0 Å². The molecule has 1 aliphatic carbocycles. The van der Waals surface area contributed by atoms with Crippen molar-refractivity contribution in [2.45, 2.75) is 38.5 Å². The van der Waals surface area contributed by atoms with E-state index in [0.717, 1.165) is 25.1 Å². The Balaban J connectivity index is 2.24. The van der Waals surface area contributed by atoms with E-state index in [4.69, 9.17) is 0 Å². The molecule has 0 aliphatic heterocycles. The van der Waals surface area contributed by atoms with Crippen molar-refractivity contribution in [2.75, 3.05) is 0 Å². The summed E-state index contributed by atoms with van der Waals surface area (Å²) in [5, 5.41) is 8.03. The number of aryl methyl sites for hydroxylation is 1. The summed E-state index contributed by atoms with van der Waals surface area (Å²) < 4.78 is 1.94. The first-order valence-corrected chi connectivity index (χ1v) is 5.58. The van der Waals surface area contributed by atoms with E-state index < -0.39 is 0 Å². The minimum Gasteiger partial charge on any atom is -0.320 e. The average molecular weight is 207 g/mol. The Morgan fingerprint density at radius 1 is 1.60 bits per heavy atom. The number of carbonyl (C=O) groups is 1.